The Morgan fingerprint density at radius 3 is 2.80 bits per heavy atom. The zero-order valence-corrected chi connectivity index (χ0v) is 10.1. The molecule has 0 saturated carbocycles. The predicted octanol–water partition coefficient (Wildman–Crippen LogP) is 3.02. The molecule has 0 heterocycles. The molecule has 0 unspecified atom stereocenters. The Balaban J connectivity index is 2.77. The van der Waals surface area contributed by atoms with Gasteiger partial charge in [-0.05, 0) is 50.5 Å². The van der Waals surface area contributed by atoms with Gasteiger partial charge in [-0.1, -0.05) is 11.6 Å². The second-order valence-corrected chi connectivity index (χ2v) is 4.14. The summed E-state index contributed by atoms with van der Waals surface area (Å²) < 4.78 is 5.52. The van der Waals surface area contributed by atoms with Crippen LogP contribution in [-0.4, -0.2) is 12.6 Å². The number of halogens is 1. The molecular formula is C12H18ClNO. The van der Waals surface area contributed by atoms with Gasteiger partial charge in [-0.25, -0.2) is 0 Å². The molecule has 0 fully saturated rings. The summed E-state index contributed by atoms with van der Waals surface area (Å²) in [6.45, 7) is 4.65. The highest BCUT2D eigenvalue weighted by molar-refractivity contribution is 6.30. The molecule has 2 nitrogen and oxygen atoms in total. The fourth-order valence-electron chi connectivity index (χ4n) is 1.42. The Labute approximate surface area is 96.4 Å². The maximum atomic E-state index is 5.95. The number of ether oxygens (including phenoxy) is 1. The van der Waals surface area contributed by atoms with E-state index in [2.05, 4.69) is 0 Å². The van der Waals surface area contributed by atoms with Crippen LogP contribution in [0.25, 0.3) is 0 Å². The maximum Gasteiger partial charge on any atom is 0.122 e. The van der Waals surface area contributed by atoms with Gasteiger partial charge in [-0.3, -0.25) is 0 Å². The van der Waals surface area contributed by atoms with Gasteiger partial charge in [0.2, 0.25) is 0 Å². The van der Waals surface area contributed by atoms with Crippen molar-refractivity contribution >= 4 is 11.6 Å². The van der Waals surface area contributed by atoms with Crippen LogP contribution in [0.2, 0.25) is 5.02 Å². The van der Waals surface area contributed by atoms with Gasteiger partial charge in [0.15, 0.2) is 0 Å². The average Bonchev–Trinajstić information content (AvgIpc) is 2.18. The first-order valence-corrected chi connectivity index (χ1v) is 5.68. The van der Waals surface area contributed by atoms with Crippen molar-refractivity contribution in [1.82, 2.24) is 0 Å². The van der Waals surface area contributed by atoms with Crippen molar-refractivity contribution in [2.24, 2.45) is 5.73 Å². The lowest BCUT2D eigenvalue weighted by Gasteiger charge is -2.11. The highest BCUT2D eigenvalue weighted by Gasteiger charge is 2.05. The molecule has 15 heavy (non-hydrogen) atoms. The minimum atomic E-state index is 0.207. The van der Waals surface area contributed by atoms with E-state index in [0.29, 0.717) is 6.61 Å². The van der Waals surface area contributed by atoms with E-state index in [1.54, 1.807) is 0 Å². The summed E-state index contributed by atoms with van der Waals surface area (Å²) in [5.74, 6) is 0.919. The lowest BCUT2D eigenvalue weighted by atomic mass is 10.1. The van der Waals surface area contributed by atoms with E-state index < -0.39 is 0 Å². The standard InChI is InChI=1S/C12H18ClNO/c1-3-15-12-7-6-11(13)8-10(12)5-4-9(2)14/h6-9H,3-5,14H2,1-2H3/t9-/m1/s1. The predicted molar refractivity (Wildman–Crippen MR) is 64.6 cm³/mol. The molecule has 3 heteroatoms. The Hall–Kier alpha value is -0.730. The van der Waals surface area contributed by atoms with Gasteiger partial charge in [-0.2, -0.15) is 0 Å². The van der Waals surface area contributed by atoms with Crippen molar-refractivity contribution in [1.29, 1.82) is 0 Å². The third-order valence-electron chi connectivity index (χ3n) is 2.19. The number of nitrogens with two attached hydrogens (primary N) is 1. The van der Waals surface area contributed by atoms with Crippen LogP contribution in [0.5, 0.6) is 5.75 Å². The molecule has 0 radical (unpaired) electrons. The van der Waals surface area contributed by atoms with Crippen molar-refractivity contribution in [3.63, 3.8) is 0 Å². The van der Waals surface area contributed by atoms with Crippen molar-refractivity contribution in [2.75, 3.05) is 6.61 Å². The van der Waals surface area contributed by atoms with Crippen LogP contribution >= 0.6 is 11.6 Å². The smallest absolute Gasteiger partial charge is 0.122 e. The number of hydrogen-bond donors (Lipinski definition) is 1. The molecule has 0 aliphatic carbocycles. The molecule has 0 amide bonds. The second kappa shape index (κ2) is 5.99. The first-order chi connectivity index (χ1) is 7.13. The summed E-state index contributed by atoms with van der Waals surface area (Å²) in [4.78, 5) is 0. The highest BCUT2D eigenvalue weighted by Crippen LogP contribution is 2.24. The second-order valence-electron chi connectivity index (χ2n) is 3.70. The van der Waals surface area contributed by atoms with Crippen LogP contribution in [0.1, 0.15) is 25.8 Å². The van der Waals surface area contributed by atoms with Crippen LogP contribution in [0.4, 0.5) is 0 Å². The van der Waals surface area contributed by atoms with E-state index in [9.17, 15) is 0 Å². The Bertz CT molecular complexity index is 312. The van der Waals surface area contributed by atoms with Gasteiger partial charge in [0.05, 0.1) is 6.61 Å². The van der Waals surface area contributed by atoms with Gasteiger partial charge < -0.3 is 10.5 Å². The topological polar surface area (TPSA) is 35.2 Å². The van der Waals surface area contributed by atoms with Crippen LogP contribution < -0.4 is 10.5 Å². The minimum absolute atomic E-state index is 0.207. The molecule has 2 N–H and O–H groups in total. The molecule has 0 saturated heterocycles. The molecule has 84 valence electrons. The number of aryl methyl sites for hydroxylation is 1. The Morgan fingerprint density at radius 2 is 2.20 bits per heavy atom. The van der Waals surface area contributed by atoms with Crippen molar-refractivity contribution in [3.8, 4) is 5.75 Å². The SMILES string of the molecule is CCOc1ccc(Cl)cc1CC[C@@H](C)N. The van der Waals surface area contributed by atoms with Gasteiger partial charge in [-0.15, -0.1) is 0 Å². The number of rotatable bonds is 5. The van der Waals surface area contributed by atoms with E-state index in [1.165, 1.54) is 0 Å². The molecule has 0 spiro atoms. The van der Waals surface area contributed by atoms with E-state index in [4.69, 9.17) is 22.1 Å². The van der Waals surface area contributed by atoms with E-state index in [1.807, 2.05) is 32.0 Å². The Morgan fingerprint density at radius 1 is 1.47 bits per heavy atom. The summed E-state index contributed by atoms with van der Waals surface area (Å²) in [7, 11) is 0. The molecule has 0 bridgehead atoms. The molecule has 0 aliphatic heterocycles. The monoisotopic (exact) mass is 227 g/mol. The normalized spacial score (nSPS) is 12.5. The lowest BCUT2D eigenvalue weighted by Crippen LogP contribution is -2.15. The average molecular weight is 228 g/mol. The van der Waals surface area contributed by atoms with E-state index >= 15 is 0 Å². The fourth-order valence-corrected chi connectivity index (χ4v) is 1.62. The summed E-state index contributed by atoms with van der Waals surface area (Å²) in [5, 5.41) is 0.748. The van der Waals surface area contributed by atoms with Gasteiger partial charge in [0, 0.05) is 11.1 Å². The molecule has 1 atom stereocenters. The maximum absolute atomic E-state index is 5.95. The fraction of sp³-hybridized carbons (Fsp3) is 0.500. The van der Waals surface area contributed by atoms with E-state index in [0.717, 1.165) is 29.2 Å². The zero-order valence-electron chi connectivity index (χ0n) is 9.29. The lowest BCUT2D eigenvalue weighted by molar-refractivity contribution is 0.336. The third-order valence-corrected chi connectivity index (χ3v) is 2.43. The van der Waals surface area contributed by atoms with Gasteiger partial charge in [0.25, 0.3) is 0 Å². The quantitative estimate of drug-likeness (QED) is 0.839. The van der Waals surface area contributed by atoms with Crippen LogP contribution in [0, 0.1) is 0 Å². The number of benzene rings is 1. The summed E-state index contributed by atoms with van der Waals surface area (Å²) >= 11 is 5.95. The first kappa shape index (κ1) is 12.3. The minimum Gasteiger partial charge on any atom is -0.494 e. The zero-order chi connectivity index (χ0) is 11.3. The molecule has 0 aliphatic rings. The largest absolute Gasteiger partial charge is 0.494 e. The third kappa shape index (κ3) is 4.10. The molecular weight excluding hydrogens is 210 g/mol. The highest BCUT2D eigenvalue weighted by atomic mass is 35.5. The van der Waals surface area contributed by atoms with Crippen LogP contribution in [0.15, 0.2) is 18.2 Å². The molecule has 1 aromatic carbocycles. The first-order valence-electron chi connectivity index (χ1n) is 5.30. The molecule has 1 rings (SSSR count). The van der Waals surface area contributed by atoms with Crippen LogP contribution in [0.3, 0.4) is 0 Å². The van der Waals surface area contributed by atoms with Crippen molar-refractivity contribution in [3.05, 3.63) is 28.8 Å². The summed E-state index contributed by atoms with van der Waals surface area (Å²) in [5.41, 5.74) is 6.87. The van der Waals surface area contributed by atoms with Crippen molar-refractivity contribution < 1.29 is 4.74 Å². The van der Waals surface area contributed by atoms with Gasteiger partial charge in [0.1, 0.15) is 5.75 Å². The summed E-state index contributed by atoms with van der Waals surface area (Å²) in [6, 6.07) is 5.93. The number of hydrogen-bond acceptors (Lipinski definition) is 2. The Kier molecular flexibility index (Phi) is 4.92. The van der Waals surface area contributed by atoms with Crippen LogP contribution in [-0.2, 0) is 6.42 Å². The van der Waals surface area contributed by atoms with E-state index in [-0.39, 0.29) is 6.04 Å². The molecule has 0 aromatic heterocycles. The van der Waals surface area contributed by atoms with Gasteiger partial charge >= 0.3 is 0 Å². The summed E-state index contributed by atoms with van der Waals surface area (Å²) in [6.07, 6.45) is 1.86. The molecule has 1 aromatic rings. The van der Waals surface area contributed by atoms with Crippen molar-refractivity contribution in [2.45, 2.75) is 32.7 Å².